The Balaban J connectivity index is 1.13. The van der Waals surface area contributed by atoms with Crippen molar-refractivity contribution in [3.8, 4) is 0 Å². The molecule has 1 aliphatic heterocycles. The molecule has 6 heteroatoms. The highest BCUT2D eigenvalue weighted by Gasteiger charge is 2.51. The SMILES string of the molecule is O=C(CSC12CC3CC(CC(C3)C1)C2)NC1CCCN(c2ncccn2)C1. The molecule has 1 unspecified atom stereocenters. The topological polar surface area (TPSA) is 58.1 Å². The quantitative estimate of drug-likeness (QED) is 0.842. The highest BCUT2D eigenvalue weighted by molar-refractivity contribution is 8.01. The average Bonchev–Trinajstić information content (AvgIpc) is 2.66. The Labute approximate surface area is 166 Å². The number of piperidine rings is 1. The van der Waals surface area contributed by atoms with Crippen molar-refractivity contribution in [3.63, 3.8) is 0 Å². The Morgan fingerprint density at radius 3 is 2.48 bits per heavy atom. The van der Waals surface area contributed by atoms with Gasteiger partial charge in [-0.25, -0.2) is 9.97 Å². The fourth-order valence-corrected chi connectivity index (χ4v) is 8.01. The van der Waals surface area contributed by atoms with Gasteiger partial charge in [-0.15, -0.1) is 11.8 Å². The van der Waals surface area contributed by atoms with Crippen molar-refractivity contribution in [1.82, 2.24) is 15.3 Å². The van der Waals surface area contributed by atoms with E-state index in [9.17, 15) is 4.79 Å². The maximum Gasteiger partial charge on any atom is 0.230 e. The molecule has 0 aromatic carbocycles. The molecule has 5 fully saturated rings. The van der Waals surface area contributed by atoms with Crippen molar-refractivity contribution in [3.05, 3.63) is 18.5 Å². The number of aromatic nitrogens is 2. The van der Waals surface area contributed by atoms with Gasteiger partial charge in [0.05, 0.1) is 5.75 Å². The van der Waals surface area contributed by atoms with Gasteiger partial charge >= 0.3 is 0 Å². The zero-order valence-corrected chi connectivity index (χ0v) is 16.8. The molecule has 0 radical (unpaired) electrons. The van der Waals surface area contributed by atoms with Gasteiger partial charge < -0.3 is 10.2 Å². The van der Waals surface area contributed by atoms with Crippen LogP contribution in [0.2, 0.25) is 0 Å². The number of anilines is 1. The zero-order chi connectivity index (χ0) is 18.3. The van der Waals surface area contributed by atoms with Crippen molar-refractivity contribution >= 4 is 23.6 Å². The fourth-order valence-electron chi connectivity index (χ4n) is 6.43. The van der Waals surface area contributed by atoms with E-state index in [2.05, 4.69) is 20.2 Å². The van der Waals surface area contributed by atoms with Gasteiger partial charge in [0, 0.05) is 36.3 Å². The van der Waals surface area contributed by atoms with Gasteiger partial charge in [-0.2, -0.15) is 0 Å². The standard InChI is InChI=1S/C21H30N4OS/c26-19(14-27-21-10-15-7-16(11-21)9-17(8-15)12-21)24-18-3-1-6-25(13-18)20-22-4-2-5-23-20/h2,4-5,15-18H,1,3,6-14H2,(H,24,26). The van der Waals surface area contributed by atoms with Crippen molar-refractivity contribution < 1.29 is 4.79 Å². The fraction of sp³-hybridized carbons (Fsp3) is 0.762. The molecule has 1 saturated heterocycles. The number of hydrogen-bond acceptors (Lipinski definition) is 5. The molecule has 4 aliphatic carbocycles. The molecule has 1 amide bonds. The van der Waals surface area contributed by atoms with E-state index in [0.29, 0.717) is 10.5 Å². The summed E-state index contributed by atoms with van der Waals surface area (Å²) in [6.07, 6.45) is 14.2. The van der Waals surface area contributed by atoms with E-state index in [0.717, 1.165) is 49.6 Å². The second-order valence-corrected chi connectivity index (χ2v) is 10.7. The van der Waals surface area contributed by atoms with Crippen LogP contribution in [0, 0.1) is 17.8 Å². The Kier molecular flexibility index (Phi) is 4.78. The molecule has 1 aromatic heterocycles. The maximum atomic E-state index is 12.7. The van der Waals surface area contributed by atoms with E-state index in [1.807, 2.05) is 17.8 Å². The number of nitrogens with zero attached hydrogens (tertiary/aromatic N) is 3. The third-order valence-electron chi connectivity index (χ3n) is 7.11. The van der Waals surface area contributed by atoms with Crippen molar-refractivity contribution in [2.75, 3.05) is 23.7 Å². The Hall–Kier alpha value is -1.30. The van der Waals surface area contributed by atoms with Crippen LogP contribution in [0.1, 0.15) is 51.4 Å². The van der Waals surface area contributed by atoms with Crippen LogP contribution in [-0.2, 0) is 4.79 Å². The van der Waals surface area contributed by atoms with E-state index in [1.165, 1.54) is 38.5 Å². The van der Waals surface area contributed by atoms with E-state index in [-0.39, 0.29) is 11.9 Å². The molecule has 1 atom stereocenters. The van der Waals surface area contributed by atoms with E-state index in [4.69, 9.17) is 0 Å². The van der Waals surface area contributed by atoms with Gasteiger partial charge in [0.1, 0.15) is 0 Å². The molecule has 1 aromatic rings. The molecular weight excluding hydrogens is 356 g/mol. The van der Waals surface area contributed by atoms with Crippen LogP contribution < -0.4 is 10.2 Å². The molecule has 6 rings (SSSR count). The van der Waals surface area contributed by atoms with Crippen molar-refractivity contribution in [1.29, 1.82) is 0 Å². The number of nitrogens with one attached hydrogen (secondary N) is 1. The molecule has 4 saturated carbocycles. The van der Waals surface area contributed by atoms with Crippen LogP contribution in [-0.4, -0.2) is 45.5 Å². The van der Waals surface area contributed by atoms with Gasteiger partial charge in [0.15, 0.2) is 0 Å². The minimum absolute atomic E-state index is 0.215. The summed E-state index contributed by atoms with van der Waals surface area (Å²) in [7, 11) is 0. The normalized spacial score (nSPS) is 37.4. The number of amides is 1. The molecule has 0 spiro atoms. The molecule has 5 nitrogen and oxygen atoms in total. The second kappa shape index (κ2) is 7.26. The monoisotopic (exact) mass is 386 g/mol. The first-order valence-electron chi connectivity index (χ1n) is 10.6. The first-order chi connectivity index (χ1) is 13.2. The molecule has 27 heavy (non-hydrogen) atoms. The predicted molar refractivity (Wildman–Crippen MR) is 109 cm³/mol. The highest BCUT2D eigenvalue weighted by Crippen LogP contribution is 2.60. The summed E-state index contributed by atoms with van der Waals surface area (Å²) in [6, 6.07) is 2.06. The number of carbonyl (C=O) groups is 1. The van der Waals surface area contributed by atoms with Crippen LogP contribution in [0.15, 0.2) is 18.5 Å². The maximum absolute atomic E-state index is 12.7. The van der Waals surface area contributed by atoms with E-state index < -0.39 is 0 Å². The van der Waals surface area contributed by atoms with Crippen molar-refractivity contribution in [2.45, 2.75) is 62.2 Å². The summed E-state index contributed by atoms with van der Waals surface area (Å²) >= 11 is 1.98. The Bertz CT molecular complexity index is 647. The summed E-state index contributed by atoms with van der Waals surface area (Å²) in [4.78, 5) is 23.6. The van der Waals surface area contributed by atoms with Crippen LogP contribution in [0.25, 0.3) is 0 Å². The summed E-state index contributed by atoms with van der Waals surface area (Å²) in [5.41, 5.74) is 0. The summed E-state index contributed by atoms with van der Waals surface area (Å²) in [5.74, 6) is 4.47. The Morgan fingerprint density at radius 1 is 1.15 bits per heavy atom. The van der Waals surface area contributed by atoms with Crippen LogP contribution in [0.5, 0.6) is 0 Å². The lowest BCUT2D eigenvalue weighted by Gasteiger charge is -2.56. The number of carbonyl (C=O) groups excluding carboxylic acids is 1. The molecular formula is C21H30N4OS. The lowest BCUT2D eigenvalue weighted by Crippen LogP contribution is -2.50. The third-order valence-corrected chi connectivity index (χ3v) is 8.63. The molecule has 1 N–H and O–H groups in total. The Morgan fingerprint density at radius 2 is 1.81 bits per heavy atom. The molecule has 146 valence electrons. The predicted octanol–water partition coefficient (Wildman–Crippen LogP) is 3.26. The smallest absolute Gasteiger partial charge is 0.230 e. The van der Waals surface area contributed by atoms with Gasteiger partial charge in [0.25, 0.3) is 0 Å². The minimum atomic E-state index is 0.215. The average molecular weight is 387 g/mol. The summed E-state index contributed by atoms with van der Waals surface area (Å²) < 4.78 is 0.419. The van der Waals surface area contributed by atoms with Crippen LogP contribution in [0.4, 0.5) is 5.95 Å². The summed E-state index contributed by atoms with van der Waals surface area (Å²) in [5, 5.41) is 3.29. The van der Waals surface area contributed by atoms with Gasteiger partial charge in [-0.3, -0.25) is 4.79 Å². The van der Waals surface area contributed by atoms with Gasteiger partial charge in [-0.1, -0.05) is 0 Å². The lowest BCUT2D eigenvalue weighted by molar-refractivity contribution is -0.119. The van der Waals surface area contributed by atoms with Gasteiger partial charge in [-0.05, 0) is 75.2 Å². The van der Waals surface area contributed by atoms with Crippen molar-refractivity contribution in [2.24, 2.45) is 17.8 Å². The van der Waals surface area contributed by atoms with Crippen LogP contribution >= 0.6 is 11.8 Å². The number of rotatable bonds is 5. The first kappa shape index (κ1) is 17.8. The number of hydrogen-bond donors (Lipinski definition) is 1. The van der Waals surface area contributed by atoms with Crippen LogP contribution in [0.3, 0.4) is 0 Å². The molecule has 5 aliphatic rings. The van der Waals surface area contributed by atoms with E-state index >= 15 is 0 Å². The third kappa shape index (κ3) is 3.82. The number of thioether (sulfide) groups is 1. The minimum Gasteiger partial charge on any atom is -0.351 e. The highest BCUT2D eigenvalue weighted by atomic mass is 32.2. The van der Waals surface area contributed by atoms with Gasteiger partial charge in [0.2, 0.25) is 11.9 Å². The first-order valence-corrected chi connectivity index (χ1v) is 11.6. The largest absolute Gasteiger partial charge is 0.351 e. The lowest BCUT2D eigenvalue weighted by atomic mass is 9.56. The summed E-state index contributed by atoms with van der Waals surface area (Å²) in [6.45, 7) is 1.79. The second-order valence-electron chi connectivity index (χ2n) is 9.29. The molecule has 4 bridgehead atoms. The molecule has 2 heterocycles. The zero-order valence-electron chi connectivity index (χ0n) is 16.0. The van der Waals surface area contributed by atoms with E-state index in [1.54, 1.807) is 12.4 Å².